The summed E-state index contributed by atoms with van der Waals surface area (Å²) in [5.41, 5.74) is 7.61. The first-order chi connectivity index (χ1) is 9.11. The van der Waals surface area contributed by atoms with E-state index < -0.39 is 0 Å². The fourth-order valence-electron chi connectivity index (χ4n) is 2.74. The van der Waals surface area contributed by atoms with E-state index in [-0.39, 0.29) is 12.1 Å². The zero-order valence-corrected chi connectivity index (χ0v) is 12.6. The highest BCUT2D eigenvalue weighted by molar-refractivity contribution is 6.30. The summed E-state index contributed by atoms with van der Waals surface area (Å²) < 4.78 is 0. The molecule has 0 amide bonds. The molecule has 1 aromatic rings. The van der Waals surface area contributed by atoms with E-state index in [1.807, 2.05) is 12.1 Å². The molecule has 1 heterocycles. The van der Waals surface area contributed by atoms with E-state index in [0.29, 0.717) is 0 Å². The van der Waals surface area contributed by atoms with E-state index >= 15 is 0 Å². The van der Waals surface area contributed by atoms with Crippen LogP contribution in [-0.4, -0.2) is 49.1 Å². The Morgan fingerprint density at radius 2 is 1.95 bits per heavy atom. The molecule has 3 nitrogen and oxygen atoms in total. The van der Waals surface area contributed by atoms with Gasteiger partial charge in [-0.15, -0.1) is 0 Å². The van der Waals surface area contributed by atoms with Crippen LogP contribution in [0.15, 0.2) is 24.3 Å². The highest BCUT2D eigenvalue weighted by atomic mass is 35.5. The lowest BCUT2D eigenvalue weighted by Crippen LogP contribution is -2.50. The molecular formula is C15H24ClN3. The van der Waals surface area contributed by atoms with Gasteiger partial charge in [-0.05, 0) is 31.2 Å². The summed E-state index contributed by atoms with van der Waals surface area (Å²) >= 11 is 6.13. The van der Waals surface area contributed by atoms with Gasteiger partial charge in [0.2, 0.25) is 0 Å². The van der Waals surface area contributed by atoms with Crippen molar-refractivity contribution in [2.45, 2.75) is 25.4 Å². The van der Waals surface area contributed by atoms with Crippen LogP contribution in [0.2, 0.25) is 5.02 Å². The summed E-state index contributed by atoms with van der Waals surface area (Å²) in [6.07, 6.45) is 0.976. The molecule has 4 heteroatoms. The van der Waals surface area contributed by atoms with Crippen molar-refractivity contribution in [1.29, 1.82) is 0 Å². The second kappa shape index (κ2) is 6.71. The molecule has 19 heavy (non-hydrogen) atoms. The van der Waals surface area contributed by atoms with Crippen LogP contribution in [0.25, 0.3) is 0 Å². The normalized spacial score (nSPS) is 21.3. The molecule has 0 spiro atoms. The van der Waals surface area contributed by atoms with E-state index in [2.05, 4.69) is 35.9 Å². The van der Waals surface area contributed by atoms with Gasteiger partial charge < -0.3 is 10.6 Å². The minimum absolute atomic E-state index is 0.155. The molecule has 0 radical (unpaired) electrons. The lowest BCUT2D eigenvalue weighted by atomic mass is 9.95. The van der Waals surface area contributed by atoms with Crippen molar-refractivity contribution < 1.29 is 0 Å². The van der Waals surface area contributed by atoms with Crippen LogP contribution < -0.4 is 5.73 Å². The van der Waals surface area contributed by atoms with Gasteiger partial charge in [-0.1, -0.05) is 30.7 Å². The van der Waals surface area contributed by atoms with Gasteiger partial charge in [0, 0.05) is 37.2 Å². The molecule has 1 aromatic carbocycles. The van der Waals surface area contributed by atoms with Gasteiger partial charge in [0.25, 0.3) is 0 Å². The lowest BCUT2D eigenvalue weighted by molar-refractivity contribution is 0.0969. The third kappa shape index (κ3) is 3.69. The van der Waals surface area contributed by atoms with Gasteiger partial charge in [-0.3, -0.25) is 4.90 Å². The van der Waals surface area contributed by atoms with Crippen molar-refractivity contribution in [2.75, 3.05) is 33.2 Å². The third-order valence-electron chi connectivity index (χ3n) is 4.00. The Bertz CT molecular complexity index is 402. The fraction of sp³-hybridized carbons (Fsp3) is 0.600. The van der Waals surface area contributed by atoms with Gasteiger partial charge in [-0.25, -0.2) is 0 Å². The lowest BCUT2D eigenvalue weighted by Gasteiger charge is -2.40. The van der Waals surface area contributed by atoms with Crippen molar-refractivity contribution in [3.63, 3.8) is 0 Å². The molecule has 2 N–H and O–H groups in total. The predicted octanol–water partition coefficient (Wildman–Crippen LogP) is 2.37. The topological polar surface area (TPSA) is 32.5 Å². The Morgan fingerprint density at radius 1 is 1.26 bits per heavy atom. The zero-order valence-electron chi connectivity index (χ0n) is 11.8. The van der Waals surface area contributed by atoms with Gasteiger partial charge in [0.15, 0.2) is 0 Å². The van der Waals surface area contributed by atoms with Crippen molar-refractivity contribution in [1.82, 2.24) is 9.80 Å². The van der Waals surface area contributed by atoms with Crippen molar-refractivity contribution in [2.24, 2.45) is 5.73 Å². The van der Waals surface area contributed by atoms with Gasteiger partial charge in [-0.2, -0.15) is 0 Å². The number of piperazine rings is 1. The molecule has 1 saturated heterocycles. The van der Waals surface area contributed by atoms with Crippen LogP contribution in [0.4, 0.5) is 0 Å². The second-order valence-electron chi connectivity index (χ2n) is 5.41. The van der Waals surface area contributed by atoms with E-state index in [1.54, 1.807) is 0 Å². The second-order valence-corrected chi connectivity index (χ2v) is 5.85. The minimum atomic E-state index is 0.155. The van der Waals surface area contributed by atoms with Gasteiger partial charge in [0.05, 0.1) is 6.04 Å². The maximum absolute atomic E-state index is 6.37. The number of benzene rings is 1. The molecule has 0 saturated carbocycles. The van der Waals surface area contributed by atoms with Crippen LogP contribution >= 0.6 is 11.6 Å². The zero-order chi connectivity index (χ0) is 13.8. The minimum Gasteiger partial charge on any atom is -0.326 e. The average Bonchev–Trinajstić information content (AvgIpc) is 2.41. The molecule has 2 unspecified atom stereocenters. The third-order valence-corrected chi connectivity index (χ3v) is 4.23. The summed E-state index contributed by atoms with van der Waals surface area (Å²) in [6, 6.07) is 8.57. The number of nitrogens with zero attached hydrogens (tertiary/aromatic N) is 2. The van der Waals surface area contributed by atoms with E-state index in [1.165, 1.54) is 5.56 Å². The average molecular weight is 282 g/mol. The first-order valence-electron chi connectivity index (χ1n) is 7.05. The molecule has 106 valence electrons. The van der Waals surface area contributed by atoms with E-state index in [9.17, 15) is 0 Å². The van der Waals surface area contributed by atoms with Crippen LogP contribution in [-0.2, 0) is 0 Å². The fourth-order valence-corrected chi connectivity index (χ4v) is 2.94. The van der Waals surface area contributed by atoms with E-state index in [0.717, 1.165) is 37.6 Å². The first kappa shape index (κ1) is 14.8. The molecular weight excluding hydrogens is 258 g/mol. The van der Waals surface area contributed by atoms with Crippen LogP contribution in [0.5, 0.6) is 0 Å². The van der Waals surface area contributed by atoms with Crippen LogP contribution in [0.3, 0.4) is 0 Å². The Kier molecular flexibility index (Phi) is 5.22. The number of hydrogen-bond donors (Lipinski definition) is 1. The summed E-state index contributed by atoms with van der Waals surface area (Å²) in [5, 5.41) is 0.792. The van der Waals surface area contributed by atoms with Crippen LogP contribution in [0.1, 0.15) is 24.9 Å². The Labute approximate surface area is 121 Å². The largest absolute Gasteiger partial charge is 0.326 e. The smallest absolute Gasteiger partial charge is 0.0500 e. The summed E-state index contributed by atoms with van der Waals surface area (Å²) in [7, 11) is 2.17. The monoisotopic (exact) mass is 281 g/mol. The standard InChI is InChI=1S/C15H24ClN3/c1-3-14(17)15(12-5-4-6-13(16)11-12)19-9-7-18(2)8-10-19/h4-6,11,14-15H,3,7-10,17H2,1-2H3. The molecule has 1 fully saturated rings. The maximum Gasteiger partial charge on any atom is 0.0500 e. The molecule has 1 aliphatic rings. The van der Waals surface area contributed by atoms with Crippen molar-refractivity contribution >= 4 is 11.6 Å². The summed E-state index contributed by atoms with van der Waals surface area (Å²) in [5.74, 6) is 0. The number of hydrogen-bond acceptors (Lipinski definition) is 3. The van der Waals surface area contributed by atoms with Crippen LogP contribution in [0, 0.1) is 0 Å². The Hall–Kier alpha value is -0.610. The first-order valence-corrected chi connectivity index (χ1v) is 7.43. The quantitative estimate of drug-likeness (QED) is 0.920. The van der Waals surface area contributed by atoms with Crippen molar-refractivity contribution in [3.8, 4) is 0 Å². The highest BCUT2D eigenvalue weighted by Gasteiger charge is 2.28. The maximum atomic E-state index is 6.37. The number of halogens is 1. The SMILES string of the molecule is CCC(N)C(c1cccc(Cl)c1)N1CCN(C)CC1. The molecule has 1 aliphatic heterocycles. The van der Waals surface area contributed by atoms with Gasteiger partial charge in [0.1, 0.15) is 0 Å². The Morgan fingerprint density at radius 3 is 2.53 bits per heavy atom. The summed E-state index contributed by atoms with van der Waals surface area (Å²) in [4.78, 5) is 4.86. The molecule has 0 bridgehead atoms. The summed E-state index contributed by atoms with van der Waals surface area (Å²) in [6.45, 7) is 6.50. The molecule has 2 rings (SSSR count). The Balaban J connectivity index is 2.21. The molecule has 0 aromatic heterocycles. The highest BCUT2D eigenvalue weighted by Crippen LogP contribution is 2.27. The molecule has 0 aliphatic carbocycles. The predicted molar refractivity (Wildman–Crippen MR) is 81.5 cm³/mol. The number of rotatable bonds is 4. The van der Waals surface area contributed by atoms with E-state index in [4.69, 9.17) is 17.3 Å². The number of nitrogens with two attached hydrogens (primary N) is 1. The van der Waals surface area contributed by atoms with Crippen molar-refractivity contribution in [3.05, 3.63) is 34.9 Å². The number of likely N-dealkylation sites (N-methyl/N-ethyl adjacent to an activating group) is 1. The van der Waals surface area contributed by atoms with Gasteiger partial charge >= 0.3 is 0 Å². The molecule has 2 atom stereocenters.